The van der Waals surface area contributed by atoms with E-state index in [1.807, 2.05) is 65.8 Å². The fourth-order valence-corrected chi connectivity index (χ4v) is 9.47. The highest BCUT2D eigenvalue weighted by molar-refractivity contribution is 7.76. The van der Waals surface area contributed by atoms with Crippen LogP contribution in [0.4, 0.5) is 43.9 Å². The van der Waals surface area contributed by atoms with Crippen molar-refractivity contribution in [2.75, 3.05) is 0 Å². The molecule has 0 spiro atoms. The van der Waals surface area contributed by atoms with E-state index in [9.17, 15) is 26.3 Å². The SMILES string of the molecule is Cc1cc(C)c(P(/C=C(/B(c2c(F)c(F)c(F)c(F)c2F)c2c(F)c(F)c(F)c(F)c2F)c2ccccc2)c2c(C)cc(C)cc2C)c(C)c1. The van der Waals surface area contributed by atoms with Crippen molar-refractivity contribution in [3.8, 4) is 0 Å². The first-order valence-electron chi connectivity index (χ1n) is 15.2. The molecule has 0 atom stereocenters. The van der Waals surface area contributed by atoms with Gasteiger partial charge in [-0.2, -0.15) is 0 Å². The van der Waals surface area contributed by atoms with Crippen LogP contribution in [0.25, 0.3) is 5.47 Å². The zero-order valence-electron chi connectivity index (χ0n) is 27.6. The summed E-state index contributed by atoms with van der Waals surface area (Å²) < 4.78 is 152. The zero-order chi connectivity index (χ0) is 36.9. The fraction of sp³-hybridized carbons (Fsp3) is 0.158. The molecule has 0 N–H and O–H groups in total. The minimum absolute atomic E-state index is 0.0391. The minimum Gasteiger partial charge on any atom is -0.204 e. The second-order valence-electron chi connectivity index (χ2n) is 12.2. The Morgan fingerprint density at radius 3 is 1.08 bits per heavy atom. The molecule has 0 unspecified atom stereocenters. The van der Waals surface area contributed by atoms with Crippen molar-refractivity contribution < 1.29 is 43.9 Å². The van der Waals surface area contributed by atoms with Crippen molar-refractivity contribution in [2.45, 2.75) is 41.5 Å². The molecule has 12 heteroatoms. The summed E-state index contributed by atoms with van der Waals surface area (Å²) in [6, 6.07) is 14.6. The van der Waals surface area contributed by atoms with Crippen LogP contribution in [0.15, 0.2) is 60.4 Å². The molecule has 0 amide bonds. The Balaban J connectivity index is 2.07. The number of aryl methyl sites for hydroxylation is 6. The summed E-state index contributed by atoms with van der Waals surface area (Å²) in [6.45, 7) is 8.24. The van der Waals surface area contributed by atoms with Gasteiger partial charge in [-0.3, -0.25) is 0 Å². The molecule has 50 heavy (non-hydrogen) atoms. The van der Waals surface area contributed by atoms with Crippen molar-refractivity contribution in [2.24, 2.45) is 0 Å². The molecule has 0 bridgehead atoms. The molecule has 0 fully saturated rings. The van der Waals surface area contributed by atoms with Gasteiger partial charge in [-0.1, -0.05) is 77.0 Å². The molecule has 5 rings (SSSR count). The maximum Gasteiger partial charge on any atom is 0.257 e. The summed E-state index contributed by atoms with van der Waals surface area (Å²) >= 11 is 0. The normalized spacial score (nSPS) is 11.9. The molecule has 0 saturated carbocycles. The summed E-state index contributed by atoms with van der Waals surface area (Å²) in [7, 11) is -1.89. The lowest BCUT2D eigenvalue weighted by molar-refractivity contribution is 0.382. The lowest BCUT2D eigenvalue weighted by atomic mass is 9.35. The van der Waals surface area contributed by atoms with Gasteiger partial charge < -0.3 is 0 Å². The van der Waals surface area contributed by atoms with Crippen LogP contribution in [-0.2, 0) is 0 Å². The average molecular weight is 716 g/mol. The second kappa shape index (κ2) is 14.1. The third-order valence-corrected chi connectivity index (χ3v) is 11.4. The highest BCUT2D eigenvalue weighted by Crippen LogP contribution is 2.44. The predicted molar refractivity (Wildman–Crippen MR) is 179 cm³/mol. The fourth-order valence-electron chi connectivity index (χ4n) is 6.64. The molecule has 0 radical (unpaired) electrons. The van der Waals surface area contributed by atoms with Crippen LogP contribution >= 0.6 is 7.92 Å². The lowest BCUT2D eigenvalue weighted by Crippen LogP contribution is -2.52. The molecular weight excluding hydrogens is 688 g/mol. The molecule has 0 aliphatic carbocycles. The molecule has 258 valence electrons. The summed E-state index contributed by atoms with van der Waals surface area (Å²) in [6.07, 6.45) is 0. The van der Waals surface area contributed by atoms with Crippen LogP contribution < -0.4 is 21.5 Å². The van der Waals surface area contributed by atoms with Crippen LogP contribution in [0, 0.1) is 99.7 Å². The van der Waals surface area contributed by atoms with Gasteiger partial charge in [0.2, 0.25) is 0 Å². The van der Waals surface area contributed by atoms with Crippen LogP contribution in [0.5, 0.6) is 0 Å². The van der Waals surface area contributed by atoms with Gasteiger partial charge in [-0.15, -0.1) is 0 Å². The van der Waals surface area contributed by atoms with Crippen LogP contribution in [0.2, 0.25) is 0 Å². The van der Waals surface area contributed by atoms with Crippen molar-refractivity contribution >= 4 is 41.6 Å². The molecule has 0 saturated heterocycles. The van der Waals surface area contributed by atoms with Gasteiger partial charge in [0.05, 0.1) is 0 Å². The third-order valence-electron chi connectivity index (χ3n) is 8.50. The molecule has 0 nitrogen and oxygen atoms in total. The zero-order valence-corrected chi connectivity index (χ0v) is 28.5. The first-order valence-corrected chi connectivity index (χ1v) is 16.6. The predicted octanol–water partition coefficient (Wildman–Crippen LogP) is 9.25. The van der Waals surface area contributed by atoms with E-state index in [0.717, 1.165) is 33.4 Å². The molecule has 0 aliphatic heterocycles. The summed E-state index contributed by atoms with van der Waals surface area (Å²) in [5, 5.41) is 1.39. The minimum atomic E-state index is -2.73. The Morgan fingerprint density at radius 1 is 0.460 bits per heavy atom. The quantitative estimate of drug-likeness (QED) is 0.0518. The number of benzene rings is 5. The standard InChI is InChI=1S/C38H28BF10P/c1-17-12-19(3)37(20(4)13-17)50(38-21(5)14-18(2)15-22(38)6)16-24(23-10-8-7-9-11-23)39(25-27(40)31(44)35(48)32(45)28(25)41)26-29(42)33(46)36(49)34(47)30(26)43/h7-16H,1-6H3/b24-16+. The Morgan fingerprint density at radius 2 is 0.760 bits per heavy atom. The summed E-state index contributed by atoms with van der Waals surface area (Å²) in [4.78, 5) is 0. The molecule has 0 heterocycles. The van der Waals surface area contributed by atoms with Crippen molar-refractivity contribution in [1.82, 2.24) is 0 Å². The Kier molecular flexibility index (Phi) is 10.4. The van der Waals surface area contributed by atoms with Crippen molar-refractivity contribution in [3.63, 3.8) is 0 Å². The number of hydrogen-bond donors (Lipinski definition) is 0. The highest BCUT2D eigenvalue weighted by Gasteiger charge is 2.42. The van der Waals surface area contributed by atoms with E-state index in [1.54, 1.807) is 0 Å². The van der Waals surface area contributed by atoms with E-state index in [1.165, 1.54) is 36.1 Å². The van der Waals surface area contributed by atoms with E-state index in [0.29, 0.717) is 10.6 Å². The first-order chi connectivity index (χ1) is 23.5. The smallest absolute Gasteiger partial charge is 0.204 e. The topological polar surface area (TPSA) is 0 Å². The maximum absolute atomic E-state index is 15.8. The Hall–Kier alpha value is -4.37. The third kappa shape index (κ3) is 6.36. The van der Waals surface area contributed by atoms with Crippen molar-refractivity contribution in [1.29, 1.82) is 0 Å². The van der Waals surface area contributed by atoms with Crippen LogP contribution in [0.1, 0.15) is 38.9 Å². The van der Waals surface area contributed by atoms with Gasteiger partial charge in [0, 0.05) is 10.9 Å². The highest BCUT2D eigenvalue weighted by atomic mass is 31.1. The Bertz CT molecular complexity index is 1970. The number of rotatable bonds is 7. The number of halogens is 10. The van der Waals surface area contributed by atoms with Gasteiger partial charge in [0.25, 0.3) is 6.71 Å². The second-order valence-corrected chi connectivity index (χ2v) is 14.1. The largest absolute Gasteiger partial charge is 0.257 e. The van der Waals surface area contributed by atoms with Gasteiger partial charge in [-0.25, -0.2) is 43.9 Å². The summed E-state index contributed by atoms with van der Waals surface area (Å²) in [5.74, 6) is -23.5. The van der Waals surface area contributed by atoms with Crippen LogP contribution in [-0.4, -0.2) is 6.71 Å². The van der Waals surface area contributed by atoms with Gasteiger partial charge in [0.1, 0.15) is 0 Å². The average Bonchev–Trinajstić information content (AvgIpc) is 3.05. The van der Waals surface area contributed by atoms with E-state index in [2.05, 4.69) is 0 Å². The molecule has 5 aromatic rings. The Labute approximate surface area is 284 Å². The van der Waals surface area contributed by atoms with E-state index in [4.69, 9.17) is 0 Å². The number of hydrogen-bond acceptors (Lipinski definition) is 0. The molecule has 5 aromatic carbocycles. The molecular formula is C38H28BF10P. The van der Waals surface area contributed by atoms with Crippen molar-refractivity contribution in [3.05, 3.63) is 158 Å². The maximum atomic E-state index is 15.8. The monoisotopic (exact) mass is 716 g/mol. The van der Waals surface area contributed by atoms with Gasteiger partial charge >= 0.3 is 0 Å². The molecule has 0 aliphatic rings. The van der Waals surface area contributed by atoms with Crippen LogP contribution in [0.3, 0.4) is 0 Å². The first kappa shape index (κ1) is 36.9. The lowest BCUT2D eigenvalue weighted by Gasteiger charge is -2.28. The molecule has 0 aromatic heterocycles. The van der Waals surface area contributed by atoms with E-state index < -0.39 is 89.2 Å². The van der Waals surface area contributed by atoms with E-state index in [-0.39, 0.29) is 5.56 Å². The van der Waals surface area contributed by atoms with Gasteiger partial charge in [-0.05, 0) is 87.9 Å². The summed E-state index contributed by atoms with van der Waals surface area (Å²) in [5.41, 5.74) is 0.717. The van der Waals surface area contributed by atoms with Gasteiger partial charge in [0.15, 0.2) is 58.2 Å². The van der Waals surface area contributed by atoms with E-state index >= 15 is 17.6 Å².